The predicted molar refractivity (Wildman–Crippen MR) is 163 cm³/mol. The third-order valence-corrected chi connectivity index (χ3v) is 7.52. The molecule has 1 aliphatic heterocycles. The topological polar surface area (TPSA) is 258 Å². The molecular weight excluding hydrogens is 634 g/mol. The fourth-order valence-corrected chi connectivity index (χ4v) is 4.71. The van der Waals surface area contributed by atoms with Gasteiger partial charge in [-0.1, -0.05) is 18.6 Å². The lowest BCUT2D eigenvalue weighted by atomic mass is 9.67. The highest BCUT2D eigenvalue weighted by molar-refractivity contribution is 6.15. The first kappa shape index (κ1) is 34.5. The summed E-state index contributed by atoms with van der Waals surface area (Å²) in [5.74, 6) is -3.74. The molecule has 2 aromatic carbocycles. The fourth-order valence-electron chi connectivity index (χ4n) is 4.71. The highest BCUT2D eigenvalue weighted by atomic mass is 16.7. The van der Waals surface area contributed by atoms with Gasteiger partial charge in [-0.15, -0.1) is 0 Å². The van der Waals surface area contributed by atoms with Gasteiger partial charge >= 0.3 is 12.2 Å². The van der Waals surface area contributed by atoms with Crippen molar-refractivity contribution in [2.45, 2.75) is 44.8 Å². The first-order valence-corrected chi connectivity index (χ1v) is 14.6. The van der Waals surface area contributed by atoms with Crippen LogP contribution in [-0.2, 0) is 35.3 Å². The van der Waals surface area contributed by atoms with E-state index in [1.807, 2.05) is 0 Å². The molecule has 18 nitrogen and oxygen atoms in total. The van der Waals surface area contributed by atoms with Crippen LogP contribution in [0.25, 0.3) is 0 Å². The lowest BCUT2D eigenvalue weighted by Crippen LogP contribution is -2.61. The first-order chi connectivity index (χ1) is 22.9. The van der Waals surface area contributed by atoms with E-state index < -0.39 is 58.1 Å². The molecule has 1 heterocycles. The fraction of sp³-hybridized carbons (Fsp3) is 0.300. The Kier molecular flexibility index (Phi) is 11.0. The van der Waals surface area contributed by atoms with Crippen molar-refractivity contribution in [2.24, 2.45) is 11.1 Å². The number of ether oxygens (including phenoxy) is 2. The number of nitro benzene ring substituents is 1. The van der Waals surface area contributed by atoms with Crippen molar-refractivity contribution in [1.82, 2.24) is 21.1 Å². The molecule has 0 saturated heterocycles. The molecule has 1 fully saturated rings. The molecule has 0 radical (unpaired) electrons. The number of rotatable bonds is 14. The minimum Gasteiger partial charge on any atom is -0.429 e. The van der Waals surface area contributed by atoms with Gasteiger partial charge in [0.15, 0.2) is 0 Å². The minimum absolute atomic E-state index is 0.0470. The number of nitrogens with zero attached hydrogens (tertiary/aromatic N) is 2. The molecule has 1 saturated carbocycles. The maximum absolute atomic E-state index is 13.4. The summed E-state index contributed by atoms with van der Waals surface area (Å²) >= 11 is 0. The first-order valence-electron chi connectivity index (χ1n) is 14.6. The largest absolute Gasteiger partial charge is 0.514 e. The van der Waals surface area contributed by atoms with Gasteiger partial charge in [0.25, 0.3) is 23.4 Å². The monoisotopic (exact) mass is 665 g/mol. The van der Waals surface area contributed by atoms with Crippen LogP contribution in [0.4, 0.5) is 21.0 Å². The van der Waals surface area contributed by atoms with Crippen molar-refractivity contribution < 1.29 is 48.0 Å². The summed E-state index contributed by atoms with van der Waals surface area (Å²) < 4.78 is 10.0. The highest BCUT2D eigenvalue weighted by Crippen LogP contribution is 2.41. The van der Waals surface area contributed by atoms with Crippen LogP contribution < -0.4 is 31.8 Å². The second-order valence-electron chi connectivity index (χ2n) is 10.8. The van der Waals surface area contributed by atoms with Gasteiger partial charge in [-0.3, -0.25) is 39.5 Å². The maximum atomic E-state index is 13.4. The van der Waals surface area contributed by atoms with Crippen molar-refractivity contribution in [3.8, 4) is 5.75 Å². The lowest BCUT2D eigenvalue weighted by Gasteiger charge is -2.39. The average molecular weight is 666 g/mol. The van der Waals surface area contributed by atoms with Crippen molar-refractivity contribution >= 4 is 53.1 Å². The number of imide groups is 1. The number of nitrogens with two attached hydrogens (primary N) is 1. The maximum Gasteiger partial charge on any atom is 0.514 e. The van der Waals surface area contributed by atoms with Crippen molar-refractivity contribution in [1.29, 1.82) is 0 Å². The summed E-state index contributed by atoms with van der Waals surface area (Å²) in [7, 11) is 0. The van der Waals surface area contributed by atoms with Crippen LogP contribution in [0, 0.1) is 15.5 Å². The Hall–Kier alpha value is -6.33. The molecule has 4 rings (SSSR count). The number of carbonyl (C=O) groups is 7. The van der Waals surface area contributed by atoms with Crippen LogP contribution in [0.15, 0.2) is 60.7 Å². The number of hydrazine groups is 1. The second kappa shape index (κ2) is 15.3. The van der Waals surface area contributed by atoms with E-state index >= 15 is 0 Å². The van der Waals surface area contributed by atoms with E-state index in [-0.39, 0.29) is 50.3 Å². The van der Waals surface area contributed by atoms with Crippen molar-refractivity contribution in [3.05, 3.63) is 76.4 Å². The SMILES string of the molecule is NC(=O)NCCC[C@H](NC(=O)C1(C(=O)NN2C(=O)C=CC2=O)CCC1)C(=O)Nc1ccc(COC(=O)Oc2ccc([N+](=O)[O-])cc2)cc1. The molecule has 0 unspecified atom stereocenters. The number of amides is 7. The molecule has 0 spiro atoms. The van der Waals surface area contributed by atoms with Crippen LogP contribution in [-0.4, -0.2) is 64.2 Å². The Morgan fingerprint density at radius 2 is 1.60 bits per heavy atom. The smallest absolute Gasteiger partial charge is 0.429 e. The third-order valence-electron chi connectivity index (χ3n) is 7.52. The zero-order chi connectivity index (χ0) is 34.8. The summed E-state index contributed by atoms with van der Waals surface area (Å²) in [6.45, 7) is -0.0888. The summed E-state index contributed by atoms with van der Waals surface area (Å²) in [4.78, 5) is 96.9. The Bertz CT molecular complexity index is 1620. The molecular formula is C30H31N7O11. The van der Waals surface area contributed by atoms with Crippen LogP contribution in [0.3, 0.4) is 0 Å². The number of nitrogens with one attached hydrogen (secondary N) is 4. The van der Waals surface area contributed by atoms with E-state index in [2.05, 4.69) is 21.4 Å². The summed E-state index contributed by atoms with van der Waals surface area (Å²) in [5, 5.41) is 18.9. The molecule has 2 aromatic rings. The third kappa shape index (κ3) is 8.68. The number of benzene rings is 2. The van der Waals surface area contributed by atoms with Gasteiger partial charge in [-0.2, -0.15) is 5.01 Å². The molecule has 0 bridgehead atoms. The number of primary amides is 1. The van der Waals surface area contributed by atoms with E-state index in [1.165, 1.54) is 36.4 Å². The molecule has 6 N–H and O–H groups in total. The Morgan fingerprint density at radius 1 is 0.958 bits per heavy atom. The van der Waals surface area contributed by atoms with Gasteiger partial charge < -0.3 is 31.2 Å². The lowest BCUT2D eigenvalue weighted by molar-refractivity contribution is -0.384. The van der Waals surface area contributed by atoms with Crippen molar-refractivity contribution in [3.63, 3.8) is 0 Å². The van der Waals surface area contributed by atoms with Gasteiger partial charge in [0.1, 0.15) is 23.8 Å². The number of nitro groups is 1. The quantitative estimate of drug-likeness (QED) is 0.0365. The van der Waals surface area contributed by atoms with Gasteiger partial charge in [-0.25, -0.2) is 9.59 Å². The minimum atomic E-state index is -1.62. The van der Waals surface area contributed by atoms with Gasteiger partial charge in [-0.05, 0) is 55.5 Å². The Labute approximate surface area is 272 Å². The zero-order valence-electron chi connectivity index (χ0n) is 25.3. The number of non-ortho nitro benzene ring substituents is 1. The van der Waals surface area contributed by atoms with Crippen LogP contribution >= 0.6 is 0 Å². The molecule has 2 aliphatic rings. The van der Waals surface area contributed by atoms with Crippen LogP contribution in [0.5, 0.6) is 5.75 Å². The van der Waals surface area contributed by atoms with E-state index in [1.54, 1.807) is 12.1 Å². The van der Waals surface area contributed by atoms with E-state index in [0.29, 0.717) is 22.7 Å². The predicted octanol–water partition coefficient (Wildman–Crippen LogP) is 1.31. The molecule has 1 atom stereocenters. The Balaban J connectivity index is 1.34. The van der Waals surface area contributed by atoms with E-state index in [0.717, 1.165) is 12.2 Å². The molecule has 252 valence electrons. The summed E-state index contributed by atoms with van der Waals surface area (Å²) in [6.07, 6.45) is 1.96. The highest BCUT2D eigenvalue weighted by Gasteiger charge is 2.52. The van der Waals surface area contributed by atoms with Gasteiger partial charge in [0, 0.05) is 36.5 Å². The number of urea groups is 1. The molecule has 18 heteroatoms. The molecule has 48 heavy (non-hydrogen) atoms. The molecule has 0 aromatic heterocycles. The van der Waals surface area contributed by atoms with Crippen molar-refractivity contribution in [2.75, 3.05) is 11.9 Å². The van der Waals surface area contributed by atoms with E-state index in [4.69, 9.17) is 15.2 Å². The van der Waals surface area contributed by atoms with Crippen LogP contribution in [0.2, 0.25) is 0 Å². The molecule has 1 aliphatic carbocycles. The summed E-state index contributed by atoms with van der Waals surface area (Å²) in [6, 6.07) is 9.06. The van der Waals surface area contributed by atoms with Gasteiger partial charge in [0.05, 0.1) is 4.92 Å². The normalized spacial score (nSPS) is 15.0. The Morgan fingerprint density at radius 3 is 2.17 bits per heavy atom. The van der Waals surface area contributed by atoms with E-state index in [9.17, 15) is 43.7 Å². The van der Waals surface area contributed by atoms with Crippen LogP contribution in [0.1, 0.15) is 37.7 Å². The van der Waals surface area contributed by atoms with Gasteiger partial charge in [0.2, 0.25) is 11.8 Å². The number of hydrogen-bond acceptors (Lipinski definition) is 11. The number of anilines is 1. The number of hydrogen-bond donors (Lipinski definition) is 5. The second-order valence-corrected chi connectivity index (χ2v) is 10.8. The standard InChI is InChI=1S/C30H31N7O11/c31-28(43)32-16-1-3-22(34-26(41)30(14-2-15-30)27(42)35-36-23(38)12-13-24(36)39)25(40)33-19-6-4-18(5-7-19)17-47-29(44)48-21-10-8-20(9-11-21)37(45)46/h4-13,22H,1-3,14-17H2,(H,33,40)(H,34,41)(H,35,42)(H3,31,32,43)/t22-/m0/s1. The summed E-state index contributed by atoms with van der Waals surface area (Å²) in [5.41, 5.74) is 6.36. The number of carbonyl (C=O) groups excluding carboxylic acids is 7. The zero-order valence-corrected chi connectivity index (χ0v) is 25.3. The average Bonchev–Trinajstić information content (AvgIpc) is 3.33. The molecule has 7 amide bonds.